The lowest BCUT2D eigenvalue weighted by atomic mass is 10.1. The molecule has 0 spiro atoms. The Morgan fingerprint density at radius 1 is 1.10 bits per heavy atom. The Labute approximate surface area is 118 Å². The van der Waals surface area contributed by atoms with E-state index in [9.17, 15) is 5.11 Å². The summed E-state index contributed by atoms with van der Waals surface area (Å²) in [4.78, 5) is 15.3. The quantitative estimate of drug-likeness (QED) is 0.915. The van der Waals surface area contributed by atoms with Crippen molar-refractivity contribution < 1.29 is 5.11 Å². The Kier molecular flexibility index (Phi) is 3.99. The van der Waals surface area contributed by atoms with E-state index in [2.05, 4.69) is 19.9 Å². The molecule has 104 valence electrons. The lowest BCUT2D eigenvalue weighted by Gasteiger charge is -2.29. The zero-order valence-electron chi connectivity index (χ0n) is 11.3. The molecule has 0 bridgehead atoms. The zero-order chi connectivity index (χ0) is 13.8. The van der Waals surface area contributed by atoms with E-state index in [-0.39, 0.29) is 6.10 Å². The minimum atomic E-state index is -0.135. The molecule has 2 aromatic rings. The minimum absolute atomic E-state index is 0.135. The topological polar surface area (TPSA) is 62.1 Å². The van der Waals surface area contributed by atoms with Gasteiger partial charge in [-0.25, -0.2) is 9.97 Å². The molecular formula is C15H18N4O. The summed E-state index contributed by atoms with van der Waals surface area (Å²) in [5, 5.41) is 9.53. The van der Waals surface area contributed by atoms with Crippen LogP contribution in [-0.2, 0) is 6.54 Å². The molecule has 0 atom stereocenters. The lowest BCUT2D eigenvalue weighted by molar-refractivity contribution is 0.0786. The first-order chi connectivity index (χ1) is 9.81. The Hall–Kier alpha value is -1.85. The molecule has 20 heavy (non-hydrogen) atoms. The van der Waals surface area contributed by atoms with Crippen LogP contribution in [0.5, 0.6) is 0 Å². The molecule has 0 saturated carbocycles. The first-order valence-corrected chi connectivity index (χ1v) is 6.94. The number of hydrogen-bond acceptors (Lipinski definition) is 5. The van der Waals surface area contributed by atoms with Crippen LogP contribution in [0, 0.1) is 0 Å². The van der Waals surface area contributed by atoms with Gasteiger partial charge in [-0.05, 0) is 31.0 Å². The van der Waals surface area contributed by atoms with E-state index in [1.54, 1.807) is 18.6 Å². The summed E-state index contributed by atoms with van der Waals surface area (Å²) in [7, 11) is 0. The first kappa shape index (κ1) is 13.1. The van der Waals surface area contributed by atoms with Gasteiger partial charge in [-0.1, -0.05) is 0 Å². The fourth-order valence-electron chi connectivity index (χ4n) is 2.43. The predicted octanol–water partition coefficient (Wildman–Crippen LogP) is 1.50. The molecule has 0 radical (unpaired) electrons. The van der Waals surface area contributed by atoms with Crippen molar-refractivity contribution in [2.75, 3.05) is 13.1 Å². The zero-order valence-corrected chi connectivity index (χ0v) is 11.3. The van der Waals surface area contributed by atoms with Crippen molar-refractivity contribution in [1.82, 2.24) is 19.9 Å². The summed E-state index contributed by atoms with van der Waals surface area (Å²) >= 11 is 0. The summed E-state index contributed by atoms with van der Waals surface area (Å²) in [5.74, 6) is 0.738. The number of aliphatic hydroxyl groups is 1. The van der Waals surface area contributed by atoms with Gasteiger partial charge in [-0.3, -0.25) is 9.88 Å². The van der Waals surface area contributed by atoms with Gasteiger partial charge in [-0.15, -0.1) is 0 Å². The maximum Gasteiger partial charge on any atom is 0.159 e. The fraction of sp³-hybridized carbons (Fsp3) is 0.400. The molecule has 2 aromatic heterocycles. The highest BCUT2D eigenvalue weighted by molar-refractivity contribution is 5.53. The third-order valence-electron chi connectivity index (χ3n) is 3.59. The number of aromatic nitrogens is 3. The normalized spacial score (nSPS) is 17.2. The number of rotatable bonds is 3. The number of aliphatic hydroxyl groups excluding tert-OH is 1. The van der Waals surface area contributed by atoms with Crippen LogP contribution >= 0.6 is 0 Å². The second kappa shape index (κ2) is 6.07. The van der Waals surface area contributed by atoms with Crippen LogP contribution in [0.3, 0.4) is 0 Å². The molecule has 0 aliphatic carbocycles. The molecule has 5 nitrogen and oxygen atoms in total. The van der Waals surface area contributed by atoms with Crippen molar-refractivity contribution in [3.8, 4) is 11.4 Å². The van der Waals surface area contributed by atoms with Gasteiger partial charge in [0.25, 0.3) is 0 Å². The highest BCUT2D eigenvalue weighted by Gasteiger charge is 2.17. The average Bonchev–Trinajstić information content (AvgIpc) is 2.51. The summed E-state index contributed by atoms with van der Waals surface area (Å²) in [5.41, 5.74) is 2.00. The second-order valence-corrected chi connectivity index (χ2v) is 5.11. The third-order valence-corrected chi connectivity index (χ3v) is 3.59. The van der Waals surface area contributed by atoms with Crippen LogP contribution in [0.15, 0.2) is 36.8 Å². The van der Waals surface area contributed by atoms with E-state index in [1.165, 1.54) is 0 Å². The van der Waals surface area contributed by atoms with E-state index in [0.29, 0.717) is 0 Å². The number of likely N-dealkylation sites (tertiary alicyclic amines) is 1. The molecule has 3 rings (SSSR count). The molecule has 1 aliphatic rings. The highest BCUT2D eigenvalue weighted by Crippen LogP contribution is 2.16. The number of piperidine rings is 1. The number of hydrogen-bond donors (Lipinski definition) is 1. The van der Waals surface area contributed by atoms with Gasteiger partial charge >= 0.3 is 0 Å². The maximum atomic E-state index is 9.53. The summed E-state index contributed by atoms with van der Waals surface area (Å²) in [6.45, 7) is 2.67. The molecule has 1 aliphatic heterocycles. The van der Waals surface area contributed by atoms with Gasteiger partial charge in [0.2, 0.25) is 0 Å². The Morgan fingerprint density at radius 3 is 2.60 bits per heavy atom. The standard InChI is InChI=1S/C15H18N4O/c20-14-4-9-19(10-5-14)11-13-3-8-17-15(18-13)12-1-6-16-7-2-12/h1-3,6-8,14,20H,4-5,9-11H2. The largest absolute Gasteiger partial charge is 0.393 e. The van der Waals surface area contributed by atoms with Crippen LogP contribution in [0.1, 0.15) is 18.5 Å². The molecule has 3 heterocycles. The fourth-order valence-corrected chi connectivity index (χ4v) is 2.43. The van der Waals surface area contributed by atoms with Gasteiger partial charge in [0, 0.05) is 43.8 Å². The molecule has 0 unspecified atom stereocenters. The van der Waals surface area contributed by atoms with Crippen molar-refractivity contribution in [2.24, 2.45) is 0 Å². The van der Waals surface area contributed by atoms with E-state index in [0.717, 1.165) is 49.6 Å². The second-order valence-electron chi connectivity index (χ2n) is 5.11. The van der Waals surface area contributed by atoms with Crippen molar-refractivity contribution in [3.63, 3.8) is 0 Å². The molecule has 1 N–H and O–H groups in total. The van der Waals surface area contributed by atoms with Gasteiger partial charge in [0.15, 0.2) is 5.82 Å². The monoisotopic (exact) mass is 270 g/mol. The van der Waals surface area contributed by atoms with E-state index < -0.39 is 0 Å². The molecule has 1 saturated heterocycles. The van der Waals surface area contributed by atoms with E-state index >= 15 is 0 Å². The SMILES string of the molecule is OC1CCN(Cc2ccnc(-c3ccncc3)n2)CC1. The van der Waals surface area contributed by atoms with Crippen LogP contribution < -0.4 is 0 Å². The molecule has 5 heteroatoms. The van der Waals surface area contributed by atoms with Crippen LogP contribution in [0.4, 0.5) is 0 Å². The van der Waals surface area contributed by atoms with Gasteiger partial charge < -0.3 is 5.11 Å². The Bertz CT molecular complexity index is 553. The summed E-state index contributed by atoms with van der Waals surface area (Å²) in [6, 6.07) is 5.78. The van der Waals surface area contributed by atoms with Crippen LogP contribution in [0.25, 0.3) is 11.4 Å². The summed E-state index contributed by atoms with van der Waals surface area (Å²) in [6.07, 6.45) is 6.86. The van der Waals surface area contributed by atoms with Crippen LogP contribution in [0.2, 0.25) is 0 Å². The number of pyridine rings is 1. The van der Waals surface area contributed by atoms with E-state index in [4.69, 9.17) is 0 Å². The van der Waals surface area contributed by atoms with Crippen LogP contribution in [-0.4, -0.2) is 44.2 Å². The molecule has 0 amide bonds. The lowest BCUT2D eigenvalue weighted by Crippen LogP contribution is -2.35. The van der Waals surface area contributed by atoms with Crippen molar-refractivity contribution >= 4 is 0 Å². The molecule has 1 fully saturated rings. The highest BCUT2D eigenvalue weighted by atomic mass is 16.3. The minimum Gasteiger partial charge on any atom is -0.393 e. The van der Waals surface area contributed by atoms with Gasteiger partial charge in [-0.2, -0.15) is 0 Å². The van der Waals surface area contributed by atoms with Gasteiger partial charge in [0.1, 0.15) is 0 Å². The predicted molar refractivity (Wildman–Crippen MR) is 75.8 cm³/mol. The molecule has 0 aromatic carbocycles. The maximum absolute atomic E-state index is 9.53. The van der Waals surface area contributed by atoms with Gasteiger partial charge in [0.05, 0.1) is 11.8 Å². The Balaban J connectivity index is 1.72. The van der Waals surface area contributed by atoms with Crippen molar-refractivity contribution in [1.29, 1.82) is 0 Å². The third kappa shape index (κ3) is 3.18. The average molecular weight is 270 g/mol. The first-order valence-electron chi connectivity index (χ1n) is 6.94. The smallest absolute Gasteiger partial charge is 0.159 e. The van der Waals surface area contributed by atoms with E-state index in [1.807, 2.05) is 18.2 Å². The van der Waals surface area contributed by atoms with Crippen molar-refractivity contribution in [3.05, 3.63) is 42.5 Å². The summed E-state index contributed by atoms with van der Waals surface area (Å²) < 4.78 is 0. The number of nitrogens with zero attached hydrogens (tertiary/aromatic N) is 4. The molecular weight excluding hydrogens is 252 g/mol. The van der Waals surface area contributed by atoms with Crippen molar-refractivity contribution in [2.45, 2.75) is 25.5 Å². The Morgan fingerprint density at radius 2 is 1.85 bits per heavy atom.